The maximum atomic E-state index is 4.72. The number of nitrogens with one attached hydrogen (secondary N) is 1. The maximum absolute atomic E-state index is 4.72. The van der Waals surface area contributed by atoms with Crippen LogP contribution in [0.15, 0.2) is 4.99 Å². The van der Waals surface area contributed by atoms with Gasteiger partial charge in [-0.1, -0.05) is 11.8 Å². The molecule has 2 saturated heterocycles. The molecule has 86 valence electrons. The number of amidine groups is 1. The summed E-state index contributed by atoms with van der Waals surface area (Å²) in [5.41, 5.74) is 0. The Hall–Kier alpha value is 0.170. The van der Waals surface area contributed by atoms with Gasteiger partial charge in [-0.2, -0.15) is 11.8 Å². The van der Waals surface area contributed by atoms with E-state index in [1.54, 1.807) is 0 Å². The summed E-state index contributed by atoms with van der Waals surface area (Å²) in [7, 11) is 0. The first-order chi connectivity index (χ1) is 7.34. The maximum Gasteiger partial charge on any atom is 0.156 e. The Morgan fingerprint density at radius 3 is 2.80 bits per heavy atom. The van der Waals surface area contributed by atoms with Gasteiger partial charge in [-0.15, -0.1) is 0 Å². The Kier molecular flexibility index (Phi) is 4.69. The number of hydrogen-bond donors (Lipinski definition) is 1. The average Bonchev–Trinajstić information content (AvgIpc) is 2.28. The second-order valence-electron chi connectivity index (χ2n) is 4.38. The van der Waals surface area contributed by atoms with Crippen molar-refractivity contribution in [2.75, 3.05) is 23.8 Å². The van der Waals surface area contributed by atoms with Gasteiger partial charge in [-0.3, -0.25) is 4.99 Å². The summed E-state index contributed by atoms with van der Waals surface area (Å²) < 4.78 is 0. The summed E-state index contributed by atoms with van der Waals surface area (Å²) in [5, 5.41) is 4.65. The first kappa shape index (κ1) is 11.6. The summed E-state index contributed by atoms with van der Waals surface area (Å²) in [4.78, 5) is 4.72. The molecule has 2 fully saturated rings. The lowest BCUT2D eigenvalue weighted by Gasteiger charge is -2.23. The van der Waals surface area contributed by atoms with E-state index in [1.807, 2.05) is 11.8 Å². The van der Waals surface area contributed by atoms with Crippen molar-refractivity contribution in [3.05, 3.63) is 0 Å². The lowest BCUT2D eigenvalue weighted by Crippen LogP contribution is -2.35. The van der Waals surface area contributed by atoms with Crippen LogP contribution in [0.1, 0.15) is 26.2 Å². The lowest BCUT2D eigenvalue weighted by atomic mass is 10.0. The molecule has 1 N–H and O–H groups in total. The lowest BCUT2D eigenvalue weighted by molar-refractivity contribution is 0.502. The molecule has 2 heterocycles. The highest BCUT2D eigenvalue weighted by molar-refractivity contribution is 8.13. The Labute approximate surface area is 101 Å². The van der Waals surface area contributed by atoms with E-state index >= 15 is 0 Å². The van der Waals surface area contributed by atoms with Gasteiger partial charge in [0.2, 0.25) is 0 Å². The summed E-state index contributed by atoms with van der Waals surface area (Å²) in [6, 6.07) is 0.618. The molecule has 0 radical (unpaired) electrons. The van der Waals surface area contributed by atoms with Crippen LogP contribution in [0.4, 0.5) is 0 Å². The summed E-state index contributed by atoms with van der Waals surface area (Å²) in [5.74, 6) is 4.75. The standard InChI is InChI=1S/C11H20N2S2/c1-9-2-7-15-11(13-9)12-8-10-3-5-14-6-4-10/h9-10H,2-8H2,1H3,(H,12,13). The zero-order valence-corrected chi connectivity index (χ0v) is 11.0. The van der Waals surface area contributed by atoms with Crippen molar-refractivity contribution in [1.29, 1.82) is 0 Å². The summed E-state index contributed by atoms with van der Waals surface area (Å²) in [6.45, 7) is 3.29. The van der Waals surface area contributed by atoms with E-state index in [2.05, 4.69) is 24.0 Å². The van der Waals surface area contributed by atoms with Gasteiger partial charge in [0.1, 0.15) is 0 Å². The predicted octanol–water partition coefficient (Wildman–Crippen LogP) is 2.60. The van der Waals surface area contributed by atoms with Crippen LogP contribution in [0.2, 0.25) is 0 Å². The van der Waals surface area contributed by atoms with E-state index in [1.165, 1.54) is 41.7 Å². The molecule has 1 unspecified atom stereocenters. The third kappa shape index (κ3) is 3.91. The van der Waals surface area contributed by atoms with Gasteiger partial charge < -0.3 is 5.32 Å². The van der Waals surface area contributed by atoms with Crippen molar-refractivity contribution < 1.29 is 0 Å². The molecule has 2 nitrogen and oxygen atoms in total. The van der Waals surface area contributed by atoms with Gasteiger partial charge in [0, 0.05) is 18.3 Å². The van der Waals surface area contributed by atoms with Crippen molar-refractivity contribution >= 4 is 28.7 Å². The Morgan fingerprint density at radius 1 is 1.27 bits per heavy atom. The molecule has 1 atom stereocenters. The average molecular weight is 244 g/mol. The van der Waals surface area contributed by atoms with E-state index in [0.29, 0.717) is 6.04 Å². The van der Waals surface area contributed by atoms with Crippen LogP contribution in [0.3, 0.4) is 0 Å². The molecular weight excluding hydrogens is 224 g/mol. The molecule has 0 spiro atoms. The van der Waals surface area contributed by atoms with Gasteiger partial charge in [0.05, 0.1) is 0 Å². The largest absolute Gasteiger partial charge is 0.362 e. The second-order valence-corrected chi connectivity index (χ2v) is 6.69. The molecule has 15 heavy (non-hydrogen) atoms. The fraction of sp³-hybridized carbons (Fsp3) is 0.909. The minimum atomic E-state index is 0.618. The SMILES string of the molecule is CC1CCSC(=NCC2CCSCC2)N1. The highest BCUT2D eigenvalue weighted by Gasteiger charge is 2.16. The molecule has 0 aromatic rings. The Morgan fingerprint density at radius 2 is 2.07 bits per heavy atom. The molecule has 2 aliphatic heterocycles. The van der Waals surface area contributed by atoms with E-state index in [4.69, 9.17) is 4.99 Å². The summed E-state index contributed by atoms with van der Waals surface area (Å²) in [6.07, 6.45) is 3.99. The zero-order chi connectivity index (χ0) is 10.5. The van der Waals surface area contributed by atoms with Gasteiger partial charge in [-0.25, -0.2) is 0 Å². The molecule has 0 bridgehead atoms. The molecule has 0 aromatic heterocycles. The zero-order valence-electron chi connectivity index (χ0n) is 9.37. The monoisotopic (exact) mass is 244 g/mol. The molecule has 2 aliphatic rings. The number of nitrogens with zero attached hydrogens (tertiary/aromatic N) is 1. The second kappa shape index (κ2) is 6.04. The topological polar surface area (TPSA) is 24.4 Å². The molecule has 0 saturated carbocycles. The highest BCUT2D eigenvalue weighted by atomic mass is 32.2. The van der Waals surface area contributed by atoms with Gasteiger partial charge >= 0.3 is 0 Å². The van der Waals surface area contributed by atoms with E-state index in [0.717, 1.165) is 12.5 Å². The quantitative estimate of drug-likeness (QED) is 0.808. The Balaban J connectivity index is 1.76. The number of rotatable bonds is 2. The van der Waals surface area contributed by atoms with Crippen molar-refractivity contribution in [2.45, 2.75) is 32.2 Å². The van der Waals surface area contributed by atoms with Crippen LogP contribution in [0.25, 0.3) is 0 Å². The summed E-state index contributed by atoms with van der Waals surface area (Å²) >= 11 is 3.98. The highest BCUT2D eigenvalue weighted by Crippen LogP contribution is 2.23. The molecule has 4 heteroatoms. The minimum Gasteiger partial charge on any atom is -0.362 e. The molecule has 0 amide bonds. The normalized spacial score (nSPS) is 31.5. The molecular formula is C11H20N2S2. The van der Waals surface area contributed by atoms with Crippen molar-refractivity contribution in [2.24, 2.45) is 10.9 Å². The predicted molar refractivity (Wildman–Crippen MR) is 72.0 cm³/mol. The first-order valence-electron chi connectivity index (χ1n) is 5.86. The van der Waals surface area contributed by atoms with Crippen molar-refractivity contribution in [3.63, 3.8) is 0 Å². The smallest absolute Gasteiger partial charge is 0.156 e. The van der Waals surface area contributed by atoms with E-state index in [9.17, 15) is 0 Å². The minimum absolute atomic E-state index is 0.618. The van der Waals surface area contributed by atoms with Gasteiger partial charge in [-0.05, 0) is 43.6 Å². The van der Waals surface area contributed by atoms with Crippen LogP contribution >= 0.6 is 23.5 Å². The van der Waals surface area contributed by atoms with Crippen LogP contribution in [-0.2, 0) is 0 Å². The number of aliphatic imine (C=N–C) groups is 1. The third-order valence-corrected chi connectivity index (χ3v) is 5.00. The van der Waals surface area contributed by atoms with Gasteiger partial charge in [0.15, 0.2) is 5.17 Å². The van der Waals surface area contributed by atoms with E-state index in [-0.39, 0.29) is 0 Å². The fourth-order valence-corrected chi connectivity index (χ4v) is 4.21. The molecule has 0 aromatic carbocycles. The van der Waals surface area contributed by atoms with Crippen LogP contribution in [0.5, 0.6) is 0 Å². The molecule has 0 aliphatic carbocycles. The van der Waals surface area contributed by atoms with Gasteiger partial charge in [0.25, 0.3) is 0 Å². The number of thioether (sulfide) groups is 2. The van der Waals surface area contributed by atoms with E-state index < -0.39 is 0 Å². The van der Waals surface area contributed by atoms with Crippen LogP contribution in [-0.4, -0.2) is 35.0 Å². The van der Waals surface area contributed by atoms with Crippen molar-refractivity contribution in [3.8, 4) is 0 Å². The fourth-order valence-electron chi connectivity index (χ4n) is 1.89. The number of hydrogen-bond acceptors (Lipinski definition) is 3. The van der Waals surface area contributed by atoms with Crippen LogP contribution < -0.4 is 5.32 Å². The van der Waals surface area contributed by atoms with Crippen molar-refractivity contribution in [1.82, 2.24) is 5.32 Å². The Bertz CT molecular complexity index is 225. The van der Waals surface area contributed by atoms with Crippen LogP contribution in [0, 0.1) is 5.92 Å². The third-order valence-electron chi connectivity index (χ3n) is 2.99. The first-order valence-corrected chi connectivity index (χ1v) is 8.00. The molecule has 2 rings (SSSR count).